The van der Waals surface area contributed by atoms with Gasteiger partial charge in [-0.05, 0) is 31.0 Å². The zero-order valence-electron chi connectivity index (χ0n) is 18.1. The van der Waals surface area contributed by atoms with Crippen molar-refractivity contribution in [3.63, 3.8) is 0 Å². The Morgan fingerprint density at radius 3 is 2.58 bits per heavy atom. The normalized spacial score (nSPS) is 19.1. The van der Waals surface area contributed by atoms with Gasteiger partial charge in [-0.15, -0.1) is 0 Å². The molecular formula is C23H29ClN4O3. The van der Waals surface area contributed by atoms with E-state index in [0.29, 0.717) is 39.3 Å². The third kappa shape index (κ3) is 5.17. The highest BCUT2D eigenvalue weighted by Crippen LogP contribution is 2.27. The molecule has 1 aromatic heterocycles. The van der Waals surface area contributed by atoms with E-state index in [0.717, 1.165) is 53.0 Å². The highest BCUT2D eigenvalue weighted by atomic mass is 35.5. The molecule has 166 valence electrons. The number of aryl methyl sites for hydroxylation is 1. The summed E-state index contributed by atoms with van der Waals surface area (Å²) in [6, 6.07) is 7.86. The van der Waals surface area contributed by atoms with Crippen LogP contribution in [0, 0.1) is 12.8 Å². The topological polar surface area (TPSA) is 67.8 Å². The molecule has 0 N–H and O–H groups in total. The number of benzene rings is 1. The van der Waals surface area contributed by atoms with Gasteiger partial charge in [0.05, 0.1) is 24.8 Å². The molecule has 0 bridgehead atoms. The van der Waals surface area contributed by atoms with Gasteiger partial charge < -0.3 is 19.3 Å². The van der Waals surface area contributed by atoms with Crippen LogP contribution in [-0.4, -0.2) is 67.3 Å². The Kier molecular flexibility index (Phi) is 7.05. The number of rotatable bonds is 6. The summed E-state index contributed by atoms with van der Waals surface area (Å²) in [5, 5.41) is 0.717. The molecule has 2 aromatic rings. The van der Waals surface area contributed by atoms with Crippen LogP contribution in [0.3, 0.4) is 0 Å². The zero-order valence-corrected chi connectivity index (χ0v) is 18.9. The number of hydrogen-bond acceptors (Lipinski definition) is 6. The fraction of sp³-hybridized carbons (Fsp3) is 0.522. The van der Waals surface area contributed by atoms with Crippen LogP contribution in [0.15, 0.2) is 24.3 Å². The average molecular weight is 445 g/mol. The van der Waals surface area contributed by atoms with E-state index >= 15 is 0 Å². The SMILES string of the molecule is COCc1nc(C)nc(N2CCN(C(=O)[C@H]3CCOC3)CC2)c1Cc1ccc(Cl)cc1. The molecule has 0 saturated carbocycles. The number of nitrogens with zero attached hydrogens (tertiary/aromatic N) is 4. The Morgan fingerprint density at radius 2 is 1.94 bits per heavy atom. The molecule has 2 aliphatic heterocycles. The Labute approximate surface area is 188 Å². The lowest BCUT2D eigenvalue weighted by molar-refractivity contribution is -0.135. The fourth-order valence-electron chi connectivity index (χ4n) is 4.27. The zero-order chi connectivity index (χ0) is 21.8. The maximum Gasteiger partial charge on any atom is 0.228 e. The number of halogens is 1. The molecule has 2 aliphatic rings. The Hall–Kier alpha value is -2.22. The van der Waals surface area contributed by atoms with Crippen LogP contribution in [-0.2, 0) is 27.3 Å². The van der Waals surface area contributed by atoms with Crippen LogP contribution in [0.25, 0.3) is 0 Å². The summed E-state index contributed by atoms with van der Waals surface area (Å²) >= 11 is 6.06. The first-order valence-corrected chi connectivity index (χ1v) is 11.1. The molecule has 3 heterocycles. The van der Waals surface area contributed by atoms with Crippen LogP contribution < -0.4 is 4.90 Å². The molecule has 0 spiro atoms. The van der Waals surface area contributed by atoms with Crippen LogP contribution in [0.2, 0.25) is 5.02 Å². The first-order chi connectivity index (χ1) is 15.0. The standard InChI is InChI=1S/C23H29ClN4O3/c1-16-25-21(15-30-2)20(13-17-3-5-19(24)6-4-17)22(26-16)27-8-10-28(11-9-27)23(29)18-7-12-31-14-18/h3-6,18H,7-15H2,1-2H3/t18-/m0/s1. The molecule has 2 fully saturated rings. The number of hydrogen-bond donors (Lipinski definition) is 0. The minimum Gasteiger partial charge on any atom is -0.381 e. The summed E-state index contributed by atoms with van der Waals surface area (Å²) in [5.74, 6) is 1.90. The number of amides is 1. The molecule has 7 nitrogen and oxygen atoms in total. The highest BCUT2D eigenvalue weighted by Gasteiger charge is 2.31. The Balaban J connectivity index is 1.55. The van der Waals surface area contributed by atoms with Gasteiger partial charge in [-0.25, -0.2) is 9.97 Å². The fourth-order valence-corrected chi connectivity index (χ4v) is 4.39. The lowest BCUT2D eigenvalue weighted by atomic mass is 10.0. The first-order valence-electron chi connectivity index (χ1n) is 10.8. The van der Waals surface area contributed by atoms with Crippen molar-refractivity contribution in [1.29, 1.82) is 0 Å². The predicted octanol–water partition coefficient (Wildman–Crippen LogP) is 2.86. The lowest BCUT2D eigenvalue weighted by Gasteiger charge is -2.37. The van der Waals surface area contributed by atoms with E-state index in [1.165, 1.54) is 0 Å². The molecule has 1 aromatic carbocycles. The van der Waals surface area contributed by atoms with Crippen LogP contribution in [0.5, 0.6) is 0 Å². The molecular weight excluding hydrogens is 416 g/mol. The molecule has 1 atom stereocenters. The molecule has 0 unspecified atom stereocenters. The second-order valence-corrected chi connectivity index (χ2v) is 8.57. The second-order valence-electron chi connectivity index (χ2n) is 8.13. The first kappa shape index (κ1) is 22.0. The molecule has 0 aliphatic carbocycles. The Bertz CT molecular complexity index is 908. The predicted molar refractivity (Wildman–Crippen MR) is 119 cm³/mol. The van der Waals surface area contributed by atoms with Gasteiger partial charge in [-0.3, -0.25) is 4.79 Å². The van der Waals surface area contributed by atoms with Crippen molar-refractivity contribution in [3.8, 4) is 0 Å². The highest BCUT2D eigenvalue weighted by molar-refractivity contribution is 6.30. The van der Waals surface area contributed by atoms with Gasteiger partial charge in [0.2, 0.25) is 5.91 Å². The number of aromatic nitrogens is 2. The number of carbonyl (C=O) groups excluding carboxylic acids is 1. The summed E-state index contributed by atoms with van der Waals surface area (Å²) in [7, 11) is 1.68. The summed E-state index contributed by atoms with van der Waals surface area (Å²) in [5.41, 5.74) is 3.12. The summed E-state index contributed by atoms with van der Waals surface area (Å²) < 4.78 is 10.8. The second kappa shape index (κ2) is 9.94. The Morgan fingerprint density at radius 1 is 1.19 bits per heavy atom. The van der Waals surface area contributed by atoms with Gasteiger partial charge in [-0.1, -0.05) is 23.7 Å². The van der Waals surface area contributed by atoms with Crippen molar-refractivity contribution < 1.29 is 14.3 Å². The number of piperazine rings is 1. The van der Waals surface area contributed by atoms with Gasteiger partial charge in [0.1, 0.15) is 11.6 Å². The van der Waals surface area contributed by atoms with Crippen molar-refractivity contribution >= 4 is 23.3 Å². The maximum absolute atomic E-state index is 12.7. The van der Waals surface area contributed by atoms with Gasteiger partial charge >= 0.3 is 0 Å². The van der Waals surface area contributed by atoms with Crippen molar-refractivity contribution in [2.75, 3.05) is 51.4 Å². The van der Waals surface area contributed by atoms with Crippen LogP contribution in [0.1, 0.15) is 29.1 Å². The summed E-state index contributed by atoms with van der Waals surface area (Å²) in [6.07, 6.45) is 1.53. The van der Waals surface area contributed by atoms with E-state index < -0.39 is 0 Å². The monoisotopic (exact) mass is 444 g/mol. The average Bonchev–Trinajstić information content (AvgIpc) is 3.31. The number of methoxy groups -OCH3 is 1. The van der Waals surface area contributed by atoms with E-state index in [4.69, 9.17) is 26.1 Å². The summed E-state index contributed by atoms with van der Waals surface area (Å²) in [6.45, 7) is 6.46. The minimum atomic E-state index is 0.0154. The van der Waals surface area contributed by atoms with Crippen molar-refractivity contribution in [2.24, 2.45) is 5.92 Å². The molecule has 8 heteroatoms. The van der Waals surface area contributed by atoms with E-state index in [1.807, 2.05) is 36.1 Å². The number of ether oxygens (including phenoxy) is 2. The van der Waals surface area contributed by atoms with Gasteiger partial charge in [0, 0.05) is 56.9 Å². The van der Waals surface area contributed by atoms with Gasteiger partial charge in [0.25, 0.3) is 0 Å². The smallest absolute Gasteiger partial charge is 0.228 e. The third-order valence-corrected chi connectivity index (χ3v) is 6.18. The van der Waals surface area contributed by atoms with E-state index in [-0.39, 0.29) is 11.8 Å². The number of anilines is 1. The van der Waals surface area contributed by atoms with Crippen molar-refractivity contribution in [3.05, 3.63) is 51.9 Å². The maximum atomic E-state index is 12.7. The minimum absolute atomic E-state index is 0.0154. The summed E-state index contributed by atoms with van der Waals surface area (Å²) in [4.78, 5) is 26.5. The van der Waals surface area contributed by atoms with E-state index in [2.05, 4.69) is 9.88 Å². The largest absolute Gasteiger partial charge is 0.381 e. The molecule has 31 heavy (non-hydrogen) atoms. The van der Waals surface area contributed by atoms with Crippen LogP contribution in [0.4, 0.5) is 5.82 Å². The lowest BCUT2D eigenvalue weighted by Crippen LogP contribution is -2.51. The molecule has 1 amide bonds. The van der Waals surface area contributed by atoms with Crippen molar-refractivity contribution in [1.82, 2.24) is 14.9 Å². The van der Waals surface area contributed by atoms with E-state index in [9.17, 15) is 4.79 Å². The van der Waals surface area contributed by atoms with Gasteiger partial charge in [0.15, 0.2) is 0 Å². The number of carbonyl (C=O) groups is 1. The molecule has 2 saturated heterocycles. The van der Waals surface area contributed by atoms with E-state index in [1.54, 1.807) is 7.11 Å². The molecule has 4 rings (SSSR count). The van der Waals surface area contributed by atoms with Gasteiger partial charge in [-0.2, -0.15) is 0 Å². The third-order valence-electron chi connectivity index (χ3n) is 5.93. The quantitative estimate of drug-likeness (QED) is 0.682. The molecule has 0 radical (unpaired) electrons. The van der Waals surface area contributed by atoms with Crippen molar-refractivity contribution in [2.45, 2.75) is 26.4 Å². The van der Waals surface area contributed by atoms with Crippen LogP contribution >= 0.6 is 11.6 Å².